The van der Waals surface area contributed by atoms with E-state index in [2.05, 4.69) is 10.2 Å². The van der Waals surface area contributed by atoms with Crippen LogP contribution in [0.5, 0.6) is 0 Å². The maximum Gasteiger partial charge on any atom is 0.326 e. The molecule has 2 fully saturated rings. The van der Waals surface area contributed by atoms with Crippen LogP contribution in [-0.4, -0.2) is 76.9 Å². The van der Waals surface area contributed by atoms with Crippen molar-refractivity contribution in [1.29, 1.82) is 0 Å². The van der Waals surface area contributed by atoms with Crippen molar-refractivity contribution in [2.45, 2.75) is 43.4 Å². The normalized spacial score (nSPS) is 28.3. The SMILES string of the molecule is CN(C)C1(CNC(=O)N2C[C@@H](O)C[C@H]2C(=O)O)CCC1. The second kappa shape index (κ2) is 5.57. The van der Waals surface area contributed by atoms with Crippen LogP contribution in [0.2, 0.25) is 0 Å². The third-order valence-corrected chi connectivity index (χ3v) is 4.63. The van der Waals surface area contributed by atoms with Crippen molar-refractivity contribution in [3.05, 3.63) is 0 Å². The monoisotopic (exact) mass is 285 g/mol. The Balaban J connectivity index is 1.93. The van der Waals surface area contributed by atoms with Crippen molar-refractivity contribution < 1.29 is 19.8 Å². The number of nitrogens with zero attached hydrogens (tertiary/aromatic N) is 2. The quantitative estimate of drug-likeness (QED) is 0.659. The van der Waals surface area contributed by atoms with E-state index in [1.165, 1.54) is 4.90 Å². The summed E-state index contributed by atoms with van der Waals surface area (Å²) >= 11 is 0. The minimum Gasteiger partial charge on any atom is -0.480 e. The molecule has 0 spiro atoms. The van der Waals surface area contributed by atoms with Gasteiger partial charge in [-0.25, -0.2) is 9.59 Å². The molecule has 0 aromatic rings. The van der Waals surface area contributed by atoms with Gasteiger partial charge >= 0.3 is 12.0 Å². The zero-order chi connectivity index (χ0) is 14.9. The largest absolute Gasteiger partial charge is 0.480 e. The van der Waals surface area contributed by atoms with Gasteiger partial charge in [0.1, 0.15) is 6.04 Å². The Kier molecular flexibility index (Phi) is 4.19. The number of aliphatic carboxylic acids is 1. The van der Waals surface area contributed by atoms with E-state index >= 15 is 0 Å². The molecule has 0 bridgehead atoms. The summed E-state index contributed by atoms with van der Waals surface area (Å²) < 4.78 is 0. The number of carboxylic acids is 1. The van der Waals surface area contributed by atoms with Gasteiger partial charge < -0.3 is 25.3 Å². The summed E-state index contributed by atoms with van der Waals surface area (Å²) in [6.45, 7) is 0.593. The Labute approximate surface area is 118 Å². The number of hydrogen-bond donors (Lipinski definition) is 3. The molecule has 1 saturated carbocycles. The fraction of sp³-hybridized carbons (Fsp3) is 0.846. The van der Waals surface area contributed by atoms with Crippen molar-refractivity contribution in [3.63, 3.8) is 0 Å². The third-order valence-electron chi connectivity index (χ3n) is 4.63. The fourth-order valence-electron chi connectivity index (χ4n) is 2.98. The predicted molar refractivity (Wildman–Crippen MR) is 72.4 cm³/mol. The first-order valence-electron chi connectivity index (χ1n) is 6.98. The van der Waals surface area contributed by atoms with Gasteiger partial charge in [0.2, 0.25) is 0 Å². The summed E-state index contributed by atoms with van der Waals surface area (Å²) in [6.07, 6.45) is 2.56. The molecule has 1 heterocycles. The number of urea groups is 1. The molecule has 0 aromatic carbocycles. The molecule has 7 nitrogen and oxygen atoms in total. The zero-order valence-corrected chi connectivity index (χ0v) is 12.0. The van der Waals surface area contributed by atoms with Gasteiger partial charge in [-0.05, 0) is 33.4 Å². The van der Waals surface area contributed by atoms with Gasteiger partial charge in [0, 0.05) is 25.0 Å². The van der Waals surface area contributed by atoms with E-state index in [9.17, 15) is 14.7 Å². The minimum absolute atomic E-state index is 0.00722. The van der Waals surface area contributed by atoms with Crippen LogP contribution in [0.1, 0.15) is 25.7 Å². The van der Waals surface area contributed by atoms with Crippen molar-refractivity contribution in [3.8, 4) is 0 Å². The number of carboxylic acid groups (broad SMARTS) is 1. The molecule has 20 heavy (non-hydrogen) atoms. The number of nitrogens with one attached hydrogen (secondary N) is 1. The molecular formula is C13H23N3O4. The lowest BCUT2D eigenvalue weighted by atomic mass is 9.75. The van der Waals surface area contributed by atoms with Gasteiger partial charge in [0.25, 0.3) is 0 Å². The number of carbonyl (C=O) groups is 2. The lowest BCUT2D eigenvalue weighted by Gasteiger charge is -2.47. The molecule has 2 aliphatic rings. The van der Waals surface area contributed by atoms with E-state index in [0.29, 0.717) is 6.54 Å². The molecule has 2 rings (SSSR count). The summed E-state index contributed by atoms with van der Waals surface area (Å²) in [5.41, 5.74) is -0.00722. The number of likely N-dealkylation sites (tertiary alicyclic amines) is 1. The van der Waals surface area contributed by atoms with Gasteiger partial charge in [-0.15, -0.1) is 0 Å². The van der Waals surface area contributed by atoms with Crippen LogP contribution in [-0.2, 0) is 4.79 Å². The van der Waals surface area contributed by atoms with Gasteiger partial charge in [-0.2, -0.15) is 0 Å². The van der Waals surface area contributed by atoms with Crippen LogP contribution >= 0.6 is 0 Å². The van der Waals surface area contributed by atoms with E-state index in [1.54, 1.807) is 0 Å². The highest BCUT2D eigenvalue weighted by atomic mass is 16.4. The second-order valence-electron chi connectivity index (χ2n) is 6.03. The molecule has 7 heteroatoms. The standard InChI is InChI=1S/C13H23N3O4/c1-15(2)13(4-3-5-13)8-14-12(20)16-7-9(17)6-10(16)11(18)19/h9-10,17H,3-8H2,1-2H3,(H,14,20)(H,18,19)/t9-,10-/m0/s1. The van der Waals surface area contributed by atoms with E-state index in [0.717, 1.165) is 19.3 Å². The zero-order valence-electron chi connectivity index (χ0n) is 12.0. The van der Waals surface area contributed by atoms with Crippen molar-refractivity contribution in [1.82, 2.24) is 15.1 Å². The Bertz CT molecular complexity index is 395. The Hall–Kier alpha value is -1.34. The van der Waals surface area contributed by atoms with Gasteiger partial charge in [-0.3, -0.25) is 0 Å². The molecule has 0 aromatic heterocycles. The van der Waals surface area contributed by atoms with Crippen LogP contribution in [0, 0.1) is 0 Å². The first-order chi connectivity index (χ1) is 9.35. The smallest absolute Gasteiger partial charge is 0.326 e. The molecule has 0 radical (unpaired) electrons. The first-order valence-corrected chi connectivity index (χ1v) is 6.98. The van der Waals surface area contributed by atoms with Gasteiger partial charge in [-0.1, -0.05) is 0 Å². The van der Waals surface area contributed by atoms with E-state index in [4.69, 9.17) is 5.11 Å². The molecule has 3 N–H and O–H groups in total. The van der Waals surface area contributed by atoms with Crippen molar-refractivity contribution in [2.24, 2.45) is 0 Å². The molecule has 1 saturated heterocycles. The number of aliphatic hydroxyl groups is 1. The summed E-state index contributed by atoms with van der Waals surface area (Å²) in [5.74, 6) is -1.07. The fourth-order valence-corrected chi connectivity index (χ4v) is 2.98. The van der Waals surface area contributed by atoms with Crippen LogP contribution in [0.4, 0.5) is 4.79 Å². The van der Waals surface area contributed by atoms with E-state index < -0.39 is 24.1 Å². The summed E-state index contributed by atoms with van der Waals surface area (Å²) in [6, 6.07) is -1.33. The summed E-state index contributed by atoms with van der Waals surface area (Å²) in [5, 5.41) is 21.5. The lowest BCUT2D eigenvalue weighted by Crippen LogP contribution is -2.59. The number of β-amino-alcohol motifs (C(OH)–C–C–N with tert-alkyl or cyclic N) is 1. The number of amides is 2. The number of rotatable bonds is 4. The average molecular weight is 285 g/mol. The Morgan fingerprint density at radius 1 is 1.40 bits per heavy atom. The summed E-state index contributed by atoms with van der Waals surface area (Å²) in [4.78, 5) is 26.6. The Morgan fingerprint density at radius 3 is 2.50 bits per heavy atom. The lowest BCUT2D eigenvalue weighted by molar-refractivity contribution is -0.141. The maximum absolute atomic E-state index is 12.1. The van der Waals surface area contributed by atoms with Crippen LogP contribution in [0.25, 0.3) is 0 Å². The van der Waals surface area contributed by atoms with Crippen LogP contribution in [0.15, 0.2) is 0 Å². The molecule has 2 atom stereocenters. The first kappa shape index (κ1) is 15.1. The van der Waals surface area contributed by atoms with Gasteiger partial charge in [0.15, 0.2) is 0 Å². The van der Waals surface area contributed by atoms with Crippen molar-refractivity contribution in [2.75, 3.05) is 27.2 Å². The van der Waals surface area contributed by atoms with E-state index in [1.807, 2.05) is 14.1 Å². The number of likely N-dealkylation sites (N-methyl/N-ethyl adjacent to an activating group) is 1. The van der Waals surface area contributed by atoms with Gasteiger partial charge in [0.05, 0.1) is 6.10 Å². The number of carbonyl (C=O) groups excluding carboxylic acids is 1. The molecule has 1 aliphatic heterocycles. The number of hydrogen-bond acceptors (Lipinski definition) is 4. The summed E-state index contributed by atoms with van der Waals surface area (Å²) in [7, 11) is 3.98. The minimum atomic E-state index is -1.07. The highest BCUT2D eigenvalue weighted by Gasteiger charge is 2.42. The third kappa shape index (κ3) is 2.73. The maximum atomic E-state index is 12.1. The average Bonchev–Trinajstić information content (AvgIpc) is 2.69. The molecule has 0 unspecified atom stereocenters. The van der Waals surface area contributed by atoms with E-state index in [-0.39, 0.29) is 18.5 Å². The highest BCUT2D eigenvalue weighted by Crippen LogP contribution is 2.35. The molecule has 114 valence electrons. The van der Waals surface area contributed by atoms with Crippen LogP contribution in [0.3, 0.4) is 0 Å². The molecule has 2 amide bonds. The topological polar surface area (TPSA) is 93.1 Å². The number of aliphatic hydroxyl groups excluding tert-OH is 1. The highest BCUT2D eigenvalue weighted by molar-refractivity contribution is 5.83. The predicted octanol–water partition coefficient (Wildman–Crippen LogP) is -0.300. The second-order valence-corrected chi connectivity index (χ2v) is 6.03. The van der Waals surface area contributed by atoms with Crippen molar-refractivity contribution >= 4 is 12.0 Å². The van der Waals surface area contributed by atoms with Crippen LogP contribution < -0.4 is 5.32 Å². The molecular weight excluding hydrogens is 262 g/mol. The Morgan fingerprint density at radius 2 is 2.05 bits per heavy atom. The molecule has 1 aliphatic carbocycles.